The fourth-order valence-corrected chi connectivity index (χ4v) is 3.88. The molecule has 3 heteroatoms. The Balaban J connectivity index is 1.39. The molecular formula is C24H28N2O. The first kappa shape index (κ1) is 18.0. The summed E-state index contributed by atoms with van der Waals surface area (Å²) in [6.45, 7) is 7.89. The predicted octanol–water partition coefficient (Wildman–Crippen LogP) is 4.70. The molecule has 1 aliphatic heterocycles. The molecule has 0 amide bonds. The second-order valence-corrected chi connectivity index (χ2v) is 7.47. The molecule has 3 aromatic carbocycles. The maximum atomic E-state index is 6.02. The molecule has 1 heterocycles. The molecule has 1 fully saturated rings. The number of fused-ring (bicyclic) bond motifs is 1. The van der Waals surface area contributed by atoms with Crippen LogP contribution in [0.2, 0.25) is 0 Å². The fraction of sp³-hybridized carbons (Fsp3) is 0.333. The number of hydrogen-bond donors (Lipinski definition) is 1. The van der Waals surface area contributed by atoms with E-state index in [9.17, 15) is 0 Å². The second-order valence-electron chi connectivity index (χ2n) is 7.47. The first-order chi connectivity index (χ1) is 13.2. The van der Waals surface area contributed by atoms with Crippen LogP contribution in [-0.4, -0.2) is 32.3 Å². The number of ether oxygens (including phenoxy) is 1. The number of morpholine rings is 1. The molecule has 4 rings (SSSR count). The van der Waals surface area contributed by atoms with Crippen molar-refractivity contribution in [3.8, 4) is 0 Å². The van der Waals surface area contributed by atoms with E-state index in [1.54, 1.807) is 0 Å². The molecule has 140 valence electrons. The summed E-state index contributed by atoms with van der Waals surface area (Å²) in [5.41, 5.74) is 3.93. The van der Waals surface area contributed by atoms with Crippen molar-refractivity contribution in [3.05, 3.63) is 77.9 Å². The summed E-state index contributed by atoms with van der Waals surface area (Å²) in [7, 11) is 0. The Morgan fingerprint density at radius 2 is 1.81 bits per heavy atom. The van der Waals surface area contributed by atoms with Gasteiger partial charge in [0.15, 0.2) is 0 Å². The molecule has 3 nitrogen and oxygen atoms in total. The highest BCUT2D eigenvalue weighted by Crippen LogP contribution is 2.24. The van der Waals surface area contributed by atoms with Crippen molar-refractivity contribution in [3.63, 3.8) is 0 Å². The van der Waals surface area contributed by atoms with Gasteiger partial charge in [-0.1, -0.05) is 60.2 Å². The third-order valence-corrected chi connectivity index (χ3v) is 5.48. The van der Waals surface area contributed by atoms with Gasteiger partial charge in [0.25, 0.3) is 0 Å². The van der Waals surface area contributed by atoms with E-state index in [0.29, 0.717) is 0 Å². The normalized spacial score (nSPS) is 18.6. The average Bonchev–Trinajstić information content (AvgIpc) is 2.72. The van der Waals surface area contributed by atoms with Gasteiger partial charge in [-0.3, -0.25) is 0 Å². The number of benzene rings is 3. The van der Waals surface area contributed by atoms with Gasteiger partial charge in [-0.25, -0.2) is 0 Å². The summed E-state index contributed by atoms with van der Waals surface area (Å²) in [6, 6.07) is 24.2. The first-order valence-corrected chi connectivity index (χ1v) is 9.85. The zero-order chi connectivity index (χ0) is 18.6. The summed E-state index contributed by atoms with van der Waals surface area (Å²) in [6.07, 6.45) is 0.206. The zero-order valence-corrected chi connectivity index (χ0v) is 16.2. The van der Waals surface area contributed by atoms with Crippen LogP contribution >= 0.6 is 0 Å². The Labute approximate surface area is 162 Å². The summed E-state index contributed by atoms with van der Waals surface area (Å²) in [5, 5.41) is 6.31. The molecular weight excluding hydrogens is 332 g/mol. The van der Waals surface area contributed by atoms with Crippen LogP contribution in [0.25, 0.3) is 10.8 Å². The lowest BCUT2D eigenvalue weighted by Gasteiger charge is -2.35. The highest BCUT2D eigenvalue weighted by Gasteiger charge is 2.21. The molecule has 27 heavy (non-hydrogen) atoms. The van der Waals surface area contributed by atoms with Gasteiger partial charge in [-0.2, -0.15) is 0 Å². The average molecular weight is 361 g/mol. The molecule has 0 saturated carbocycles. The minimum Gasteiger partial charge on any atom is -0.373 e. The van der Waals surface area contributed by atoms with E-state index in [2.05, 4.69) is 90.8 Å². The Hall–Kier alpha value is -2.36. The van der Waals surface area contributed by atoms with Crippen LogP contribution in [0.5, 0.6) is 0 Å². The van der Waals surface area contributed by atoms with Crippen molar-refractivity contribution in [1.82, 2.24) is 5.32 Å². The van der Waals surface area contributed by atoms with Crippen LogP contribution in [0, 0.1) is 6.92 Å². The van der Waals surface area contributed by atoms with Crippen LogP contribution in [0.3, 0.4) is 0 Å². The van der Waals surface area contributed by atoms with E-state index in [0.717, 1.165) is 26.2 Å². The van der Waals surface area contributed by atoms with E-state index in [1.165, 1.54) is 27.6 Å². The van der Waals surface area contributed by atoms with Crippen LogP contribution in [0.4, 0.5) is 5.69 Å². The standard InChI is InChI=1S/C24H28N2O/c1-18-10-12-21(13-11-18)26-14-15-27-22(17-26)16-25-19(2)23-9-5-7-20-6-3-4-8-24(20)23/h3-13,19,22,25H,14-17H2,1-2H3. The molecule has 2 atom stereocenters. The van der Waals surface area contributed by atoms with Gasteiger partial charge in [-0.15, -0.1) is 0 Å². The minimum absolute atomic E-state index is 0.206. The number of anilines is 1. The van der Waals surface area contributed by atoms with Gasteiger partial charge in [-0.05, 0) is 42.3 Å². The molecule has 1 saturated heterocycles. The molecule has 1 N–H and O–H groups in total. The summed E-state index contributed by atoms with van der Waals surface area (Å²) in [5.74, 6) is 0. The van der Waals surface area contributed by atoms with Gasteiger partial charge in [0.05, 0.1) is 12.7 Å². The molecule has 0 aromatic heterocycles. The number of rotatable bonds is 5. The van der Waals surface area contributed by atoms with Gasteiger partial charge in [0.2, 0.25) is 0 Å². The zero-order valence-electron chi connectivity index (χ0n) is 16.2. The molecule has 0 aliphatic carbocycles. The van der Waals surface area contributed by atoms with E-state index >= 15 is 0 Å². The second kappa shape index (κ2) is 8.12. The SMILES string of the molecule is Cc1ccc(N2CCOC(CNC(C)c3cccc4ccccc34)C2)cc1. The smallest absolute Gasteiger partial charge is 0.0875 e. The van der Waals surface area contributed by atoms with Gasteiger partial charge < -0.3 is 15.0 Å². The lowest BCUT2D eigenvalue weighted by molar-refractivity contribution is 0.0395. The van der Waals surface area contributed by atoms with Crippen LogP contribution in [-0.2, 0) is 4.74 Å². The molecule has 0 spiro atoms. The summed E-state index contributed by atoms with van der Waals surface area (Å²) in [4.78, 5) is 2.43. The Morgan fingerprint density at radius 1 is 1.04 bits per heavy atom. The third-order valence-electron chi connectivity index (χ3n) is 5.48. The highest BCUT2D eigenvalue weighted by molar-refractivity contribution is 5.86. The monoisotopic (exact) mass is 360 g/mol. The highest BCUT2D eigenvalue weighted by atomic mass is 16.5. The lowest BCUT2D eigenvalue weighted by atomic mass is 9.99. The predicted molar refractivity (Wildman–Crippen MR) is 113 cm³/mol. The van der Waals surface area contributed by atoms with E-state index in [-0.39, 0.29) is 12.1 Å². The van der Waals surface area contributed by atoms with Crippen LogP contribution in [0.15, 0.2) is 66.7 Å². The fourth-order valence-electron chi connectivity index (χ4n) is 3.88. The quantitative estimate of drug-likeness (QED) is 0.713. The van der Waals surface area contributed by atoms with Crippen molar-refractivity contribution < 1.29 is 4.74 Å². The summed E-state index contributed by atoms with van der Waals surface area (Å²) >= 11 is 0. The maximum Gasteiger partial charge on any atom is 0.0875 e. The number of hydrogen-bond acceptors (Lipinski definition) is 3. The largest absolute Gasteiger partial charge is 0.373 e. The van der Waals surface area contributed by atoms with Crippen molar-refractivity contribution in [2.45, 2.75) is 26.0 Å². The molecule has 0 radical (unpaired) electrons. The van der Waals surface area contributed by atoms with E-state index in [4.69, 9.17) is 4.74 Å². The first-order valence-electron chi connectivity index (χ1n) is 9.85. The topological polar surface area (TPSA) is 24.5 Å². The van der Waals surface area contributed by atoms with Gasteiger partial charge in [0.1, 0.15) is 0 Å². The van der Waals surface area contributed by atoms with Crippen molar-refractivity contribution in [1.29, 1.82) is 0 Å². The van der Waals surface area contributed by atoms with Crippen molar-refractivity contribution >= 4 is 16.5 Å². The Morgan fingerprint density at radius 3 is 2.67 bits per heavy atom. The van der Waals surface area contributed by atoms with Crippen molar-refractivity contribution in [2.24, 2.45) is 0 Å². The Kier molecular flexibility index (Phi) is 5.42. The molecule has 3 aromatic rings. The molecule has 2 unspecified atom stereocenters. The van der Waals surface area contributed by atoms with Gasteiger partial charge in [0, 0.05) is 31.4 Å². The van der Waals surface area contributed by atoms with E-state index in [1.807, 2.05) is 0 Å². The van der Waals surface area contributed by atoms with Crippen LogP contribution in [0.1, 0.15) is 24.1 Å². The number of nitrogens with zero attached hydrogens (tertiary/aromatic N) is 1. The van der Waals surface area contributed by atoms with Crippen LogP contribution < -0.4 is 10.2 Å². The Bertz CT molecular complexity index is 885. The van der Waals surface area contributed by atoms with E-state index < -0.39 is 0 Å². The van der Waals surface area contributed by atoms with Crippen molar-refractivity contribution in [2.75, 3.05) is 31.1 Å². The lowest BCUT2D eigenvalue weighted by Crippen LogP contribution is -2.47. The number of nitrogens with one attached hydrogen (secondary N) is 1. The third kappa shape index (κ3) is 4.15. The number of aryl methyl sites for hydroxylation is 1. The molecule has 1 aliphatic rings. The summed E-state index contributed by atoms with van der Waals surface area (Å²) < 4.78 is 6.02. The minimum atomic E-state index is 0.206. The maximum absolute atomic E-state index is 6.02. The van der Waals surface area contributed by atoms with Gasteiger partial charge >= 0.3 is 0 Å². The molecule has 0 bridgehead atoms.